The average molecular weight is 399 g/mol. The van der Waals surface area contributed by atoms with Crippen LogP contribution in [0.2, 0.25) is 0 Å². The summed E-state index contributed by atoms with van der Waals surface area (Å²) < 4.78 is 33.3. The van der Waals surface area contributed by atoms with Crippen molar-refractivity contribution in [1.29, 1.82) is 0 Å². The maximum atomic E-state index is 14.5. The molecule has 0 saturated heterocycles. The summed E-state index contributed by atoms with van der Waals surface area (Å²) in [4.78, 5) is 27.3. The zero-order chi connectivity index (χ0) is 21.1. The second-order valence-corrected chi connectivity index (χ2v) is 7.34. The van der Waals surface area contributed by atoms with Crippen molar-refractivity contribution in [2.24, 2.45) is 0 Å². The number of carbonyl (C=O) groups is 2. The minimum absolute atomic E-state index is 0.102. The zero-order valence-electron chi connectivity index (χ0n) is 16.6. The predicted octanol–water partition coefficient (Wildman–Crippen LogP) is 4.71. The molecular formula is C23H23F2NO3. The number of halogens is 2. The molecule has 1 unspecified atom stereocenters. The molecule has 1 atom stereocenters. The molecule has 1 amide bonds. The maximum Gasteiger partial charge on any atom is 0.336 e. The number of hydrogen-bond acceptors (Lipinski definition) is 3. The first-order chi connectivity index (χ1) is 13.8. The summed E-state index contributed by atoms with van der Waals surface area (Å²) in [5.74, 6) is -3.17. The molecule has 29 heavy (non-hydrogen) atoms. The van der Waals surface area contributed by atoms with Gasteiger partial charge in [-0.3, -0.25) is 4.79 Å². The van der Waals surface area contributed by atoms with Gasteiger partial charge in [-0.2, -0.15) is 0 Å². The molecule has 0 N–H and O–H groups in total. The summed E-state index contributed by atoms with van der Waals surface area (Å²) in [7, 11) is 0. The van der Waals surface area contributed by atoms with Gasteiger partial charge in [0.1, 0.15) is 11.6 Å². The van der Waals surface area contributed by atoms with Crippen molar-refractivity contribution < 1.29 is 23.1 Å². The highest BCUT2D eigenvalue weighted by molar-refractivity contribution is 5.96. The van der Waals surface area contributed by atoms with E-state index in [0.29, 0.717) is 12.2 Å². The number of rotatable bonds is 5. The van der Waals surface area contributed by atoms with Crippen LogP contribution in [-0.2, 0) is 20.9 Å². The Morgan fingerprint density at radius 1 is 1.17 bits per heavy atom. The highest BCUT2D eigenvalue weighted by atomic mass is 19.1. The van der Waals surface area contributed by atoms with Crippen LogP contribution in [0.1, 0.15) is 44.2 Å². The Labute approximate surface area is 168 Å². The van der Waals surface area contributed by atoms with E-state index in [1.54, 1.807) is 20.8 Å². The van der Waals surface area contributed by atoms with E-state index in [1.165, 1.54) is 11.0 Å². The van der Waals surface area contributed by atoms with Crippen molar-refractivity contribution >= 4 is 11.9 Å². The minimum atomic E-state index is -0.832. The summed E-state index contributed by atoms with van der Waals surface area (Å²) in [6.45, 7) is 5.39. The lowest BCUT2D eigenvalue weighted by molar-refractivity contribution is -0.143. The number of nitrogens with zero attached hydrogens (tertiary/aromatic N) is 1. The fraction of sp³-hybridized carbons (Fsp3) is 0.304. The number of esters is 1. The van der Waals surface area contributed by atoms with Gasteiger partial charge >= 0.3 is 5.97 Å². The number of ether oxygens (including phenoxy) is 1. The lowest BCUT2D eigenvalue weighted by Crippen LogP contribution is -2.38. The minimum Gasteiger partial charge on any atom is -0.460 e. The SMILES string of the molecule is CC1=C(C(=O)OC(C)C)C(c2ccc(F)cc2F)CC(=O)N1Cc1ccccc1. The highest BCUT2D eigenvalue weighted by Crippen LogP contribution is 2.39. The lowest BCUT2D eigenvalue weighted by atomic mass is 9.83. The van der Waals surface area contributed by atoms with E-state index in [0.717, 1.165) is 17.7 Å². The Bertz CT molecular complexity index is 954. The van der Waals surface area contributed by atoms with Gasteiger partial charge in [-0.15, -0.1) is 0 Å². The number of hydrogen-bond donors (Lipinski definition) is 0. The van der Waals surface area contributed by atoms with E-state index in [9.17, 15) is 18.4 Å². The van der Waals surface area contributed by atoms with Crippen LogP contribution in [-0.4, -0.2) is 22.9 Å². The molecule has 0 spiro atoms. The lowest BCUT2D eigenvalue weighted by Gasteiger charge is -2.35. The third kappa shape index (κ3) is 4.53. The number of carbonyl (C=O) groups excluding carboxylic acids is 2. The van der Waals surface area contributed by atoms with Gasteiger partial charge in [0.05, 0.1) is 18.2 Å². The summed E-state index contributed by atoms with van der Waals surface area (Å²) in [5, 5.41) is 0. The third-order valence-electron chi connectivity index (χ3n) is 4.91. The Morgan fingerprint density at radius 3 is 2.48 bits per heavy atom. The maximum absolute atomic E-state index is 14.5. The van der Waals surface area contributed by atoms with Crippen molar-refractivity contribution in [3.8, 4) is 0 Å². The molecule has 152 valence electrons. The van der Waals surface area contributed by atoms with Gasteiger partial charge in [-0.05, 0) is 38.0 Å². The quantitative estimate of drug-likeness (QED) is 0.685. The summed E-state index contributed by atoms with van der Waals surface area (Å²) in [6.07, 6.45) is -0.475. The van der Waals surface area contributed by atoms with E-state index in [4.69, 9.17) is 4.74 Å². The van der Waals surface area contributed by atoms with Crippen LogP contribution in [0.25, 0.3) is 0 Å². The van der Waals surface area contributed by atoms with Crippen LogP contribution in [0.15, 0.2) is 59.8 Å². The largest absolute Gasteiger partial charge is 0.460 e. The van der Waals surface area contributed by atoms with Crippen LogP contribution in [0.4, 0.5) is 8.78 Å². The third-order valence-corrected chi connectivity index (χ3v) is 4.91. The van der Waals surface area contributed by atoms with E-state index in [-0.39, 0.29) is 29.6 Å². The Kier molecular flexibility index (Phi) is 6.11. The standard InChI is InChI=1S/C23H23F2NO3/c1-14(2)29-23(28)22-15(3)26(13-16-7-5-4-6-8-16)21(27)12-19(22)18-10-9-17(24)11-20(18)25/h4-11,14,19H,12-13H2,1-3H3. The van der Waals surface area contributed by atoms with Crippen LogP contribution < -0.4 is 0 Å². The molecule has 0 radical (unpaired) electrons. The second-order valence-electron chi connectivity index (χ2n) is 7.34. The molecule has 0 fully saturated rings. The normalized spacial score (nSPS) is 17.1. The summed E-state index contributed by atoms with van der Waals surface area (Å²) in [5.41, 5.74) is 1.65. The van der Waals surface area contributed by atoms with Crippen molar-refractivity contribution in [1.82, 2.24) is 4.90 Å². The number of benzene rings is 2. The van der Waals surface area contributed by atoms with Crippen molar-refractivity contribution in [2.45, 2.75) is 45.8 Å². The molecular weight excluding hydrogens is 376 g/mol. The number of amides is 1. The summed E-state index contributed by atoms with van der Waals surface area (Å²) in [6, 6.07) is 12.6. The first-order valence-electron chi connectivity index (χ1n) is 9.49. The molecule has 0 aliphatic carbocycles. The van der Waals surface area contributed by atoms with Gasteiger partial charge in [-0.25, -0.2) is 13.6 Å². The van der Waals surface area contributed by atoms with Crippen molar-refractivity contribution in [3.63, 3.8) is 0 Å². The molecule has 1 aliphatic rings. The summed E-state index contributed by atoms with van der Waals surface area (Å²) >= 11 is 0. The smallest absolute Gasteiger partial charge is 0.336 e. The highest BCUT2D eigenvalue weighted by Gasteiger charge is 2.38. The van der Waals surface area contributed by atoms with Crippen molar-refractivity contribution in [2.75, 3.05) is 0 Å². The van der Waals surface area contributed by atoms with E-state index in [1.807, 2.05) is 30.3 Å². The van der Waals surface area contributed by atoms with Crippen LogP contribution in [0.5, 0.6) is 0 Å². The van der Waals surface area contributed by atoms with Crippen molar-refractivity contribution in [3.05, 3.63) is 82.6 Å². The van der Waals surface area contributed by atoms with Gasteiger partial charge in [0.25, 0.3) is 0 Å². The van der Waals surface area contributed by atoms with E-state index < -0.39 is 23.5 Å². The molecule has 6 heteroatoms. The second kappa shape index (κ2) is 8.55. The topological polar surface area (TPSA) is 46.6 Å². The fourth-order valence-corrected chi connectivity index (χ4v) is 3.56. The Hall–Kier alpha value is -3.02. The monoisotopic (exact) mass is 399 g/mol. The Balaban J connectivity index is 2.07. The van der Waals surface area contributed by atoms with Crippen LogP contribution in [0.3, 0.4) is 0 Å². The van der Waals surface area contributed by atoms with Crippen LogP contribution in [0, 0.1) is 11.6 Å². The molecule has 0 aromatic heterocycles. The molecule has 1 heterocycles. The fourth-order valence-electron chi connectivity index (χ4n) is 3.56. The van der Waals surface area contributed by atoms with E-state index >= 15 is 0 Å². The molecule has 4 nitrogen and oxygen atoms in total. The van der Waals surface area contributed by atoms with Gasteiger partial charge in [0, 0.05) is 24.1 Å². The zero-order valence-corrected chi connectivity index (χ0v) is 16.6. The number of allylic oxidation sites excluding steroid dienone is 1. The first kappa shape index (κ1) is 20.7. The molecule has 0 bridgehead atoms. The molecule has 2 aromatic carbocycles. The molecule has 3 rings (SSSR count). The van der Waals surface area contributed by atoms with E-state index in [2.05, 4.69) is 0 Å². The first-order valence-corrected chi connectivity index (χ1v) is 9.49. The molecule has 2 aromatic rings. The van der Waals surface area contributed by atoms with Gasteiger partial charge in [-0.1, -0.05) is 36.4 Å². The molecule has 0 saturated carbocycles. The van der Waals surface area contributed by atoms with Gasteiger partial charge < -0.3 is 9.64 Å². The van der Waals surface area contributed by atoms with Gasteiger partial charge in [0.2, 0.25) is 5.91 Å². The van der Waals surface area contributed by atoms with Gasteiger partial charge in [0.15, 0.2) is 0 Å². The van der Waals surface area contributed by atoms with Crippen LogP contribution >= 0.6 is 0 Å². The Morgan fingerprint density at radius 2 is 1.86 bits per heavy atom. The average Bonchev–Trinajstić information content (AvgIpc) is 2.65. The molecule has 1 aliphatic heterocycles. The predicted molar refractivity (Wildman–Crippen MR) is 105 cm³/mol.